The molecule has 0 radical (unpaired) electrons. The van der Waals surface area contributed by atoms with Gasteiger partial charge in [-0.1, -0.05) is 15.9 Å². The predicted octanol–water partition coefficient (Wildman–Crippen LogP) is 2.23. The zero-order valence-corrected chi connectivity index (χ0v) is 15.1. The van der Waals surface area contributed by atoms with Crippen LogP contribution in [0.5, 0.6) is 0 Å². The molecular weight excluding hydrogens is 365 g/mol. The first kappa shape index (κ1) is 18.2. The number of anilines is 1. The number of primary amides is 1. The largest absolute Gasteiger partial charge is 0.380 e. The van der Waals surface area contributed by atoms with Crippen molar-refractivity contribution >= 4 is 27.5 Å². The SMILES string of the molecule is CCOCCN1CCN(c2cc(Br)cc(F)c2C(N)=O)CC1C. The third kappa shape index (κ3) is 4.43. The summed E-state index contributed by atoms with van der Waals surface area (Å²) < 4.78 is 20.1. The number of rotatable bonds is 6. The van der Waals surface area contributed by atoms with Crippen molar-refractivity contribution in [1.82, 2.24) is 4.90 Å². The molecule has 2 rings (SSSR count). The van der Waals surface area contributed by atoms with Gasteiger partial charge in [-0.2, -0.15) is 0 Å². The van der Waals surface area contributed by atoms with Crippen LogP contribution in [0.3, 0.4) is 0 Å². The molecule has 0 saturated carbocycles. The van der Waals surface area contributed by atoms with E-state index >= 15 is 0 Å². The van der Waals surface area contributed by atoms with Gasteiger partial charge in [0.05, 0.1) is 17.9 Å². The van der Waals surface area contributed by atoms with Crippen molar-refractivity contribution in [2.45, 2.75) is 19.9 Å². The minimum atomic E-state index is -0.739. The topological polar surface area (TPSA) is 58.8 Å². The summed E-state index contributed by atoms with van der Waals surface area (Å²) in [5.41, 5.74) is 5.88. The van der Waals surface area contributed by atoms with Gasteiger partial charge in [0.2, 0.25) is 0 Å². The molecule has 1 unspecified atom stereocenters. The lowest BCUT2D eigenvalue weighted by Crippen LogP contribution is -2.53. The van der Waals surface area contributed by atoms with E-state index < -0.39 is 11.7 Å². The molecule has 0 aliphatic carbocycles. The Morgan fingerprint density at radius 3 is 2.83 bits per heavy atom. The Morgan fingerprint density at radius 1 is 1.48 bits per heavy atom. The zero-order chi connectivity index (χ0) is 17.0. The van der Waals surface area contributed by atoms with E-state index in [9.17, 15) is 9.18 Å². The van der Waals surface area contributed by atoms with E-state index in [0.717, 1.165) is 13.1 Å². The normalized spacial score (nSPS) is 19.1. The molecule has 1 aliphatic heterocycles. The lowest BCUT2D eigenvalue weighted by Gasteiger charge is -2.41. The van der Waals surface area contributed by atoms with E-state index in [-0.39, 0.29) is 11.6 Å². The van der Waals surface area contributed by atoms with Crippen molar-refractivity contribution in [2.24, 2.45) is 5.73 Å². The van der Waals surface area contributed by atoms with Gasteiger partial charge in [-0.15, -0.1) is 0 Å². The zero-order valence-electron chi connectivity index (χ0n) is 13.5. The number of halogens is 2. The fourth-order valence-electron chi connectivity index (χ4n) is 2.93. The number of ether oxygens (including phenoxy) is 1. The Hall–Kier alpha value is -1.18. The van der Waals surface area contributed by atoms with Crippen LogP contribution in [0.2, 0.25) is 0 Å². The Kier molecular flexibility index (Phi) is 6.38. The molecule has 0 bridgehead atoms. The maximum Gasteiger partial charge on any atom is 0.253 e. The van der Waals surface area contributed by atoms with Crippen molar-refractivity contribution < 1.29 is 13.9 Å². The number of nitrogens with zero attached hydrogens (tertiary/aromatic N) is 2. The summed E-state index contributed by atoms with van der Waals surface area (Å²) >= 11 is 3.29. The minimum absolute atomic E-state index is 0.0387. The minimum Gasteiger partial charge on any atom is -0.380 e. The fraction of sp³-hybridized carbons (Fsp3) is 0.562. The third-order valence-electron chi connectivity index (χ3n) is 4.11. The van der Waals surface area contributed by atoms with Crippen LogP contribution in [0, 0.1) is 5.82 Å². The van der Waals surface area contributed by atoms with Crippen LogP contribution in [-0.4, -0.2) is 56.2 Å². The first-order valence-corrected chi connectivity index (χ1v) is 8.59. The maximum absolute atomic E-state index is 14.1. The molecule has 1 heterocycles. The van der Waals surface area contributed by atoms with Crippen LogP contribution < -0.4 is 10.6 Å². The molecule has 2 N–H and O–H groups in total. The summed E-state index contributed by atoms with van der Waals surface area (Å²) in [4.78, 5) is 16.0. The lowest BCUT2D eigenvalue weighted by atomic mass is 10.1. The molecule has 1 aromatic carbocycles. The van der Waals surface area contributed by atoms with E-state index in [1.807, 2.05) is 11.8 Å². The smallest absolute Gasteiger partial charge is 0.253 e. The van der Waals surface area contributed by atoms with Crippen LogP contribution in [0.1, 0.15) is 24.2 Å². The molecule has 1 fully saturated rings. The number of hydrogen-bond acceptors (Lipinski definition) is 4. The van der Waals surface area contributed by atoms with E-state index in [1.165, 1.54) is 6.07 Å². The Balaban J connectivity index is 2.14. The first-order chi connectivity index (χ1) is 10.9. The molecule has 0 aromatic heterocycles. The monoisotopic (exact) mass is 387 g/mol. The number of hydrogen-bond donors (Lipinski definition) is 1. The molecule has 0 spiro atoms. The van der Waals surface area contributed by atoms with Gasteiger partial charge in [0, 0.05) is 43.3 Å². The van der Waals surface area contributed by atoms with Gasteiger partial charge in [0.15, 0.2) is 0 Å². The molecule has 23 heavy (non-hydrogen) atoms. The van der Waals surface area contributed by atoms with E-state index in [4.69, 9.17) is 10.5 Å². The van der Waals surface area contributed by atoms with E-state index in [0.29, 0.717) is 36.5 Å². The summed E-state index contributed by atoms with van der Waals surface area (Å²) in [6, 6.07) is 3.31. The van der Waals surface area contributed by atoms with Crippen molar-refractivity contribution in [3.05, 3.63) is 28.0 Å². The van der Waals surface area contributed by atoms with Crippen molar-refractivity contribution in [3.8, 4) is 0 Å². The summed E-state index contributed by atoms with van der Waals surface area (Å²) in [7, 11) is 0. The number of amides is 1. The molecule has 1 saturated heterocycles. The first-order valence-electron chi connectivity index (χ1n) is 7.79. The van der Waals surface area contributed by atoms with Crippen molar-refractivity contribution in [1.29, 1.82) is 0 Å². The standard InChI is InChI=1S/C16H23BrFN3O2/c1-3-23-7-6-20-4-5-21(10-11(20)2)14-9-12(17)8-13(18)15(14)16(19)22/h8-9,11H,3-7,10H2,1-2H3,(H2,19,22). The summed E-state index contributed by atoms with van der Waals surface area (Å²) in [6.07, 6.45) is 0. The number of benzene rings is 1. The van der Waals surface area contributed by atoms with Crippen LogP contribution in [0.25, 0.3) is 0 Å². The van der Waals surface area contributed by atoms with Gasteiger partial charge in [0.25, 0.3) is 5.91 Å². The highest BCUT2D eigenvalue weighted by Gasteiger charge is 2.27. The van der Waals surface area contributed by atoms with Crippen LogP contribution in [-0.2, 0) is 4.74 Å². The second-order valence-corrected chi connectivity index (χ2v) is 6.59. The molecule has 1 aliphatic rings. The van der Waals surface area contributed by atoms with Gasteiger partial charge >= 0.3 is 0 Å². The number of carbonyl (C=O) groups excluding carboxylic acids is 1. The van der Waals surface area contributed by atoms with Gasteiger partial charge in [-0.25, -0.2) is 4.39 Å². The average Bonchev–Trinajstić information content (AvgIpc) is 2.47. The second-order valence-electron chi connectivity index (χ2n) is 5.67. The van der Waals surface area contributed by atoms with Gasteiger partial charge in [0.1, 0.15) is 5.82 Å². The highest BCUT2D eigenvalue weighted by Crippen LogP contribution is 2.29. The van der Waals surface area contributed by atoms with Crippen LogP contribution in [0.4, 0.5) is 10.1 Å². The molecule has 1 aromatic rings. The van der Waals surface area contributed by atoms with Crippen LogP contribution in [0.15, 0.2) is 16.6 Å². The predicted molar refractivity (Wildman–Crippen MR) is 92.4 cm³/mol. The second kappa shape index (κ2) is 8.08. The summed E-state index contributed by atoms with van der Waals surface area (Å²) in [6.45, 7) is 8.66. The van der Waals surface area contributed by atoms with Crippen LogP contribution >= 0.6 is 15.9 Å². The summed E-state index contributed by atoms with van der Waals surface area (Å²) in [5.74, 6) is -1.33. The molecule has 7 heteroatoms. The van der Waals surface area contributed by atoms with Gasteiger partial charge in [-0.3, -0.25) is 9.69 Å². The molecule has 1 amide bonds. The molecular formula is C16H23BrFN3O2. The highest BCUT2D eigenvalue weighted by atomic mass is 79.9. The third-order valence-corrected chi connectivity index (χ3v) is 4.57. The maximum atomic E-state index is 14.1. The van der Waals surface area contributed by atoms with E-state index in [1.54, 1.807) is 6.07 Å². The number of piperazine rings is 1. The van der Waals surface area contributed by atoms with Crippen molar-refractivity contribution in [3.63, 3.8) is 0 Å². The Bertz CT molecular complexity index is 571. The molecule has 128 valence electrons. The summed E-state index contributed by atoms with van der Waals surface area (Å²) in [5, 5.41) is 0. The number of carbonyl (C=O) groups is 1. The quantitative estimate of drug-likeness (QED) is 0.760. The fourth-order valence-corrected chi connectivity index (χ4v) is 3.34. The van der Waals surface area contributed by atoms with Gasteiger partial charge in [-0.05, 0) is 26.0 Å². The lowest BCUT2D eigenvalue weighted by molar-refractivity contribution is 0.0924. The average molecular weight is 388 g/mol. The Morgan fingerprint density at radius 2 is 2.22 bits per heavy atom. The van der Waals surface area contributed by atoms with Gasteiger partial charge < -0.3 is 15.4 Å². The molecule has 5 nitrogen and oxygen atoms in total. The van der Waals surface area contributed by atoms with Crippen molar-refractivity contribution in [2.75, 3.05) is 44.3 Å². The highest BCUT2D eigenvalue weighted by molar-refractivity contribution is 9.10. The number of nitrogens with two attached hydrogens (primary N) is 1. The Labute approximate surface area is 144 Å². The molecule has 1 atom stereocenters. The van der Waals surface area contributed by atoms with E-state index in [2.05, 4.69) is 27.8 Å².